The molecular weight excluding hydrogens is 266 g/mol. The monoisotopic (exact) mass is 283 g/mol. The SMILES string of the molecule is Clc1ccc2c(c1)CN[C@H](Cc1ccccc1)CN2.[B]. The van der Waals surface area contributed by atoms with E-state index in [1.165, 1.54) is 16.8 Å². The number of hydrogen-bond acceptors (Lipinski definition) is 2. The van der Waals surface area contributed by atoms with Crippen LogP contribution in [0.3, 0.4) is 0 Å². The average molecular weight is 284 g/mol. The van der Waals surface area contributed by atoms with E-state index in [1.54, 1.807) is 0 Å². The van der Waals surface area contributed by atoms with Gasteiger partial charge in [0.1, 0.15) is 0 Å². The lowest BCUT2D eigenvalue weighted by Crippen LogP contribution is -2.34. The van der Waals surface area contributed by atoms with Gasteiger partial charge >= 0.3 is 0 Å². The molecule has 0 amide bonds. The molecule has 0 saturated carbocycles. The van der Waals surface area contributed by atoms with Crippen molar-refractivity contribution >= 4 is 25.7 Å². The topological polar surface area (TPSA) is 24.1 Å². The Kier molecular flexibility index (Phi) is 5.10. The van der Waals surface area contributed by atoms with Crippen LogP contribution < -0.4 is 10.6 Å². The lowest BCUT2D eigenvalue weighted by molar-refractivity contribution is 0.537. The maximum atomic E-state index is 6.04. The highest BCUT2D eigenvalue weighted by Crippen LogP contribution is 2.22. The van der Waals surface area contributed by atoms with E-state index in [1.807, 2.05) is 12.1 Å². The van der Waals surface area contributed by atoms with Crippen LogP contribution in [0.1, 0.15) is 11.1 Å². The third kappa shape index (κ3) is 3.56. The lowest BCUT2D eigenvalue weighted by Gasteiger charge is -2.15. The largest absolute Gasteiger partial charge is 0.383 e. The molecule has 101 valence electrons. The van der Waals surface area contributed by atoms with Gasteiger partial charge in [0.25, 0.3) is 0 Å². The molecule has 20 heavy (non-hydrogen) atoms. The summed E-state index contributed by atoms with van der Waals surface area (Å²) in [6.07, 6.45) is 1.04. The molecule has 0 spiro atoms. The van der Waals surface area contributed by atoms with Gasteiger partial charge < -0.3 is 10.6 Å². The number of anilines is 1. The van der Waals surface area contributed by atoms with Crippen molar-refractivity contribution in [3.63, 3.8) is 0 Å². The van der Waals surface area contributed by atoms with E-state index in [0.717, 1.165) is 24.5 Å². The van der Waals surface area contributed by atoms with E-state index in [0.29, 0.717) is 6.04 Å². The Hall–Kier alpha value is -1.45. The first-order chi connectivity index (χ1) is 9.31. The molecule has 0 saturated heterocycles. The summed E-state index contributed by atoms with van der Waals surface area (Å²) in [5, 5.41) is 7.89. The standard InChI is InChI=1S/C16H17ClN2.B/c17-14-6-7-16-13(9-14)10-18-15(11-19-16)8-12-4-2-1-3-5-12;/h1-7,9,15,18-19H,8,10-11H2;/t15-;/m1./s1. The van der Waals surface area contributed by atoms with E-state index in [4.69, 9.17) is 11.6 Å². The van der Waals surface area contributed by atoms with E-state index < -0.39 is 0 Å². The zero-order valence-electron chi connectivity index (χ0n) is 11.3. The summed E-state index contributed by atoms with van der Waals surface area (Å²) in [7, 11) is 0. The fourth-order valence-electron chi connectivity index (χ4n) is 2.48. The molecule has 0 bridgehead atoms. The maximum Gasteiger partial charge on any atom is 0.0410 e. The number of nitrogens with one attached hydrogen (secondary N) is 2. The molecule has 0 aromatic heterocycles. The lowest BCUT2D eigenvalue weighted by atomic mass is 10.1. The normalized spacial score (nSPS) is 17.4. The molecule has 3 radical (unpaired) electrons. The van der Waals surface area contributed by atoms with E-state index in [9.17, 15) is 0 Å². The van der Waals surface area contributed by atoms with Gasteiger partial charge in [-0.05, 0) is 35.7 Å². The second-order valence-corrected chi connectivity index (χ2v) is 5.39. The summed E-state index contributed by atoms with van der Waals surface area (Å²) in [5.41, 5.74) is 3.79. The van der Waals surface area contributed by atoms with Crippen LogP contribution in [0.5, 0.6) is 0 Å². The summed E-state index contributed by atoms with van der Waals surface area (Å²) >= 11 is 6.04. The smallest absolute Gasteiger partial charge is 0.0410 e. The van der Waals surface area contributed by atoms with Crippen molar-refractivity contribution in [1.29, 1.82) is 0 Å². The molecule has 2 nitrogen and oxygen atoms in total. The summed E-state index contributed by atoms with van der Waals surface area (Å²) in [5.74, 6) is 0. The van der Waals surface area contributed by atoms with Crippen molar-refractivity contribution in [2.24, 2.45) is 0 Å². The van der Waals surface area contributed by atoms with Crippen LogP contribution in [-0.2, 0) is 13.0 Å². The van der Waals surface area contributed by atoms with Gasteiger partial charge in [0, 0.05) is 38.3 Å². The van der Waals surface area contributed by atoms with Crippen LogP contribution in [0.2, 0.25) is 5.02 Å². The van der Waals surface area contributed by atoms with Crippen LogP contribution >= 0.6 is 11.6 Å². The zero-order chi connectivity index (χ0) is 13.1. The highest BCUT2D eigenvalue weighted by molar-refractivity contribution is 6.30. The van der Waals surface area contributed by atoms with Crippen LogP contribution in [0.4, 0.5) is 5.69 Å². The minimum absolute atomic E-state index is 0. The van der Waals surface area contributed by atoms with Crippen LogP contribution in [0.15, 0.2) is 48.5 Å². The van der Waals surface area contributed by atoms with Crippen LogP contribution in [0, 0.1) is 0 Å². The number of fused-ring (bicyclic) bond motifs is 1. The Balaban J connectivity index is 0.00000147. The van der Waals surface area contributed by atoms with E-state index in [2.05, 4.69) is 47.0 Å². The highest BCUT2D eigenvalue weighted by atomic mass is 35.5. The van der Waals surface area contributed by atoms with Gasteiger partial charge in [0.05, 0.1) is 0 Å². The number of benzene rings is 2. The predicted octanol–water partition coefficient (Wildman–Crippen LogP) is 3.09. The van der Waals surface area contributed by atoms with Gasteiger partial charge in [-0.3, -0.25) is 0 Å². The molecule has 1 aliphatic heterocycles. The first kappa shape index (κ1) is 15.0. The van der Waals surface area contributed by atoms with Gasteiger partial charge in [0.15, 0.2) is 0 Å². The minimum Gasteiger partial charge on any atom is -0.383 e. The molecule has 0 fully saturated rings. The maximum absolute atomic E-state index is 6.04. The van der Waals surface area contributed by atoms with Crippen molar-refractivity contribution in [1.82, 2.24) is 5.32 Å². The molecule has 2 N–H and O–H groups in total. The van der Waals surface area contributed by atoms with Crippen molar-refractivity contribution in [3.8, 4) is 0 Å². The van der Waals surface area contributed by atoms with Gasteiger partial charge in [-0.25, -0.2) is 0 Å². The van der Waals surface area contributed by atoms with Crippen LogP contribution in [0.25, 0.3) is 0 Å². The molecule has 1 heterocycles. The molecule has 0 aliphatic carbocycles. The van der Waals surface area contributed by atoms with Crippen molar-refractivity contribution in [3.05, 3.63) is 64.7 Å². The Bertz CT molecular complexity index is 560. The van der Waals surface area contributed by atoms with Gasteiger partial charge in [-0.1, -0.05) is 41.9 Å². The molecular formula is C16H17BClN2. The zero-order valence-corrected chi connectivity index (χ0v) is 12.0. The van der Waals surface area contributed by atoms with E-state index in [-0.39, 0.29) is 8.41 Å². The second-order valence-electron chi connectivity index (χ2n) is 4.95. The summed E-state index contributed by atoms with van der Waals surface area (Å²) in [6.45, 7) is 1.80. The predicted molar refractivity (Wildman–Crippen MR) is 86.5 cm³/mol. The fourth-order valence-corrected chi connectivity index (χ4v) is 2.68. The van der Waals surface area contributed by atoms with Gasteiger partial charge in [0.2, 0.25) is 0 Å². The third-order valence-corrected chi connectivity index (χ3v) is 3.75. The summed E-state index contributed by atoms with van der Waals surface area (Å²) < 4.78 is 0. The minimum atomic E-state index is 0. The first-order valence-electron chi connectivity index (χ1n) is 6.61. The molecule has 1 atom stereocenters. The molecule has 2 aromatic carbocycles. The summed E-state index contributed by atoms with van der Waals surface area (Å²) in [4.78, 5) is 0. The Morgan fingerprint density at radius 2 is 1.90 bits per heavy atom. The first-order valence-corrected chi connectivity index (χ1v) is 6.99. The molecule has 2 aromatic rings. The summed E-state index contributed by atoms with van der Waals surface area (Å²) in [6, 6.07) is 17.1. The number of halogens is 1. The quantitative estimate of drug-likeness (QED) is 0.828. The van der Waals surface area contributed by atoms with Crippen molar-refractivity contribution in [2.75, 3.05) is 11.9 Å². The third-order valence-electron chi connectivity index (χ3n) is 3.51. The Morgan fingerprint density at radius 3 is 2.70 bits per heavy atom. The van der Waals surface area contributed by atoms with Gasteiger partial charge in [-0.2, -0.15) is 0 Å². The average Bonchev–Trinajstić information content (AvgIpc) is 2.63. The van der Waals surface area contributed by atoms with Crippen LogP contribution in [-0.4, -0.2) is 21.0 Å². The number of hydrogen-bond donors (Lipinski definition) is 2. The van der Waals surface area contributed by atoms with Crippen molar-refractivity contribution < 1.29 is 0 Å². The highest BCUT2D eigenvalue weighted by Gasteiger charge is 2.15. The Morgan fingerprint density at radius 1 is 1.10 bits per heavy atom. The van der Waals surface area contributed by atoms with Crippen molar-refractivity contribution in [2.45, 2.75) is 19.0 Å². The fraction of sp³-hybridized carbons (Fsp3) is 0.250. The van der Waals surface area contributed by atoms with E-state index >= 15 is 0 Å². The number of rotatable bonds is 2. The Labute approximate surface area is 127 Å². The molecule has 0 unspecified atom stereocenters. The molecule has 3 rings (SSSR count). The molecule has 1 aliphatic rings. The second kappa shape index (κ2) is 6.82. The van der Waals surface area contributed by atoms with Gasteiger partial charge in [-0.15, -0.1) is 0 Å². The molecule has 4 heteroatoms.